The Labute approximate surface area is 220 Å². The smallest absolute Gasteiger partial charge is 0.278 e. The van der Waals surface area contributed by atoms with Crippen LogP contribution in [0.1, 0.15) is 64.2 Å². The first-order valence-corrected chi connectivity index (χ1v) is 13.7. The number of nitrogens with zero attached hydrogens (tertiary/aromatic N) is 2. The summed E-state index contributed by atoms with van der Waals surface area (Å²) in [7, 11) is 0. The van der Waals surface area contributed by atoms with Gasteiger partial charge in [-0.15, -0.1) is 11.8 Å². The normalized spacial score (nSPS) is 14.3. The van der Waals surface area contributed by atoms with Gasteiger partial charge in [0.1, 0.15) is 0 Å². The lowest BCUT2D eigenvalue weighted by molar-refractivity contribution is -0.186. The highest BCUT2D eigenvalue weighted by molar-refractivity contribution is 7.98. The molecule has 0 bridgehead atoms. The second-order valence-electron chi connectivity index (χ2n) is 7.00. The molecule has 1 aromatic heterocycles. The quantitative estimate of drug-likeness (QED) is 0.266. The Hall–Kier alpha value is -2.94. The molecule has 1 aliphatic rings. The first kappa shape index (κ1) is 31.1. The van der Waals surface area contributed by atoms with Crippen molar-refractivity contribution in [2.24, 2.45) is 0 Å². The number of anilines is 1. The summed E-state index contributed by atoms with van der Waals surface area (Å²) in [6.07, 6.45) is 11.0. The zero-order valence-corrected chi connectivity index (χ0v) is 23.1. The molecule has 7 nitrogen and oxygen atoms in total. The summed E-state index contributed by atoms with van der Waals surface area (Å²) < 4.78 is 5.34. The number of rotatable bonds is 6. The minimum absolute atomic E-state index is 0.326. The van der Waals surface area contributed by atoms with E-state index in [1.165, 1.54) is 28.1 Å². The van der Waals surface area contributed by atoms with Crippen molar-refractivity contribution in [2.75, 3.05) is 18.2 Å². The fourth-order valence-electron chi connectivity index (χ4n) is 2.95. The molecule has 0 spiro atoms. The second-order valence-corrected chi connectivity index (χ2v) is 7.88. The van der Waals surface area contributed by atoms with Crippen molar-refractivity contribution in [3.8, 4) is 0 Å². The molecule has 3 aromatic rings. The van der Waals surface area contributed by atoms with Crippen molar-refractivity contribution >= 4 is 34.4 Å². The molecule has 1 aliphatic heterocycles. The SMILES string of the molecule is CC.CC.CC=CNc1ncc(C(=O)NOC2CCCCO2)cn1.CSc1ccc2ccccc2c1. The number of hydrogen-bond donors (Lipinski definition) is 2. The van der Waals surface area contributed by atoms with Crippen LogP contribution in [0.2, 0.25) is 0 Å². The number of nitrogens with one attached hydrogen (secondary N) is 2. The molecule has 2 aromatic carbocycles. The molecule has 0 radical (unpaired) electrons. The van der Waals surface area contributed by atoms with Gasteiger partial charge in [0, 0.05) is 30.3 Å². The third kappa shape index (κ3) is 11.2. The summed E-state index contributed by atoms with van der Waals surface area (Å²) in [5.41, 5.74) is 2.68. The Balaban J connectivity index is 0.000000344. The predicted molar refractivity (Wildman–Crippen MR) is 151 cm³/mol. The fourth-order valence-corrected chi connectivity index (χ4v) is 3.40. The van der Waals surface area contributed by atoms with Crippen molar-refractivity contribution in [3.05, 3.63) is 72.7 Å². The topological polar surface area (TPSA) is 85.4 Å². The lowest BCUT2D eigenvalue weighted by Gasteiger charge is -2.21. The average molecular weight is 513 g/mol. The Bertz CT molecular complexity index is 1020. The first-order valence-electron chi connectivity index (χ1n) is 12.5. The molecule has 1 unspecified atom stereocenters. The van der Waals surface area contributed by atoms with Gasteiger partial charge in [0.25, 0.3) is 5.91 Å². The minimum Gasteiger partial charge on any atom is -0.350 e. The van der Waals surface area contributed by atoms with Gasteiger partial charge in [-0.25, -0.2) is 20.3 Å². The van der Waals surface area contributed by atoms with E-state index in [0.29, 0.717) is 18.1 Å². The van der Waals surface area contributed by atoms with Crippen LogP contribution in [0, 0.1) is 0 Å². The van der Waals surface area contributed by atoms with Gasteiger partial charge in [-0.05, 0) is 55.1 Å². The monoisotopic (exact) mass is 512 g/mol. The minimum atomic E-state index is -0.392. The van der Waals surface area contributed by atoms with Crippen molar-refractivity contribution in [2.45, 2.75) is 65.1 Å². The standard InChI is InChI=1S/C13H18N4O3.C11H10S.2C2H6/c1-2-6-14-13-15-8-10(9-16-13)12(18)17-20-11-5-3-4-7-19-11;1-12-11-7-6-9-4-2-3-5-10(9)8-11;2*1-2/h2,6,8-9,11H,3-5,7H2,1H3,(H,17,18)(H,14,15,16);2-8H,1H3;2*1-2H3. The lowest BCUT2D eigenvalue weighted by Crippen LogP contribution is -2.33. The predicted octanol–water partition coefficient (Wildman–Crippen LogP) is 7.22. The van der Waals surface area contributed by atoms with E-state index in [1.54, 1.807) is 18.0 Å². The lowest BCUT2D eigenvalue weighted by atomic mass is 10.1. The zero-order chi connectivity index (χ0) is 26.6. The molecule has 1 saturated heterocycles. The number of aromatic nitrogens is 2. The number of hydroxylamine groups is 1. The Morgan fingerprint density at radius 1 is 1.06 bits per heavy atom. The van der Waals surface area contributed by atoms with E-state index in [1.807, 2.05) is 40.7 Å². The highest BCUT2D eigenvalue weighted by atomic mass is 32.2. The van der Waals surface area contributed by atoms with Crippen molar-refractivity contribution in [1.29, 1.82) is 0 Å². The number of ether oxygens (including phenoxy) is 1. The van der Waals surface area contributed by atoms with Crippen LogP contribution < -0.4 is 10.8 Å². The van der Waals surface area contributed by atoms with E-state index < -0.39 is 5.91 Å². The van der Waals surface area contributed by atoms with Crippen LogP contribution in [-0.2, 0) is 9.57 Å². The van der Waals surface area contributed by atoms with Gasteiger partial charge in [0.15, 0.2) is 6.29 Å². The first-order chi connectivity index (χ1) is 17.7. The number of carbonyl (C=O) groups excluding carboxylic acids is 1. The Morgan fingerprint density at radius 2 is 1.75 bits per heavy atom. The maximum absolute atomic E-state index is 11.8. The number of benzene rings is 2. The molecular weight excluding hydrogens is 472 g/mol. The number of amides is 1. The molecule has 1 amide bonds. The van der Waals surface area contributed by atoms with Gasteiger partial charge in [0.05, 0.1) is 5.56 Å². The van der Waals surface area contributed by atoms with Crippen LogP contribution in [0.15, 0.2) is 72.0 Å². The Kier molecular flexibility index (Phi) is 16.6. The average Bonchev–Trinajstić information content (AvgIpc) is 2.97. The van der Waals surface area contributed by atoms with E-state index in [2.05, 4.69) is 69.5 Å². The molecule has 0 saturated carbocycles. The summed E-state index contributed by atoms with van der Waals surface area (Å²) in [4.78, 5) is 26.3. The number of hydrogen-bond acceptors (Lipinski definition) is 7. The van der Waals surface area contributed by atoms with Crippen LogP contribution in [0.3, 0.4) is 0 Å². The molecule has 1 atom stereocenters. The number of allylic oxidation sites excluding steroid dienone is 1. The van der Waals surface area contributed by atoms with Gasteiger partial charge in [-0.3, -0.25) is 4.79 Å². The van der Waals surface area contributed by atoms with Crippen molar-refractivity contribution in [1.82, 2.24) is 15.4 Å². The highest BCUT2D eigenvalue weighted by Gasteiger charge is 2.16. The maximum Gasteiger partial charge on any atom is 0.278 e. The Morgan fingerprint density at radius 3 is 2.36 bits per heavy atom. The van der Waals surface area contributed by atoms with E-state index >= 15 is 0 Å². The number of fused-ring (bicyclic) bond motifs is 1. The maximum atomic E-state index is 11.8. The third-order valence-corrected chi connectivity index (χ3v) is 5.40. The van der Waals surface area contributed by atoms with E-state index in [9.17, 15) is 4.79 Å². The molecule has 1 fully saturated rings. The van der Waals surface area contributed by atoms with Gasteiger partial charge in [0.2, 0.25) is 5.95 Å². The zero-order valence-electron chi connectivity index (χ0n) is 22.3. The van der Waals surface area contributed by atoms with E-state index in [0.717, 1.165) is 19.3 Å². The summed E-state index contributed by atoms with van der Waals surface area (Å²) in [5, 5.41) is 5.50. The van der Waals surface area contributed by atoms with Gasteiger partial charge < -0.3 is 10.1 Å². The summed E-state index contributed by atoms with van der Waals surface area (Å²) in [6, 6.07) is 15.0. The third-order valence-electron chi connectivity index (χ3n) is 4.67. The number of carbonyl (C=O) groups is 1. The van der Waals surface area contributed by atoms with Crippen LogP contribution in [0.25, 0.3) is 10.8 Å². The van der Waals surface area contributed by atoms with Crippen LogP contribution in [0.4, 0.5) is 5.95 Å². The van der Waals surface area contributed by atoms with Gasteiger partial charge in [-0.1, -0.05) is 64.1 Å². The van der Waals surface area contributed by atoms with E-state index in [4.69, 9.17) is 9.57 Å². The summed E-state index contributed by atoms with van der Waals surface area (Å²) in [6.45, 7) is 10.5. The van der Waals surface area contributed by atoms with Crippen LogP contribution >= 0.6 is 11.8 Å². The molecule has 4 rings (SSSR count). The van der Waals surface area contributed by atoms with Crippen molar-refractivity contribution < 1.29 is 14.4 Å². The second kappa shape index (κ2) is 19.3. The largest absolute Gasteiger partial charge is 0.350 e. The number of thioether (sulfide) groups is 1. The molecule has 2 N–H and O–H groups in total. The summed E-state index contributed by atoms with van der Waals surface area (Å²) in [5.74, 6) is 0.0351. The molecule has 8 heteroatoms. The van der Waals surface area contributed by atoms with Crippen LogP contribution in [0.5, 0.6) is 0 Å². The fraction of sp³-hybridized carbons (Fsp3) is 0.393. The molecular formula is C28H40N4O3S. The summed E-state index contributed by atoms with van der Waals surface area (Å²) >= 11 is 1.78. The van der Waals surface area contributed by atoms with Crippen LogP contribution in [-0.4, -0.2) is 35.0 Å². The van der Waals surface area contributed by atoms with Gasteiger partial charge in [-0.2, -0.15) is 0 Å². The molecule has 36 heavy (non-hydrogen) atoms. The van der Waals surface area contributed by atoms with E-state index in [-0.39, 0.29) is 6.29 Å². The van der Waals surface area contributed by atoms with Crippen molar-refractivity contribution in [3.63, 3.8) is 0 Å². The molecule has 0 aliphatic carbocycles. The molecule has 2 heterocycles. The molecule has 196 valence electrons. The van der Waals surface area contributed by atoms with Gasteiger partial charge >= 0.3 is 0 Å². The highest BCUT2D eigenvalue weighted by Crippen LogP contribution is 2.21.